The molecule has 0 saturated carbocycles. The first-order valence-electron chi connectivity index (χ1n) is 21.6. The van der Waals surface area contributed by atoms with Crippen LogP contribution >= 0.6 is 7.82 Å². The van der Waals surface area contributed by atoms with Gasteiger partial charge in [0.15, 0.2) is 12.2 Å². The fraction of sp³-hybridized carbons (Fsp3) is 0.902. The van der Waals surface area contributed by atoms with Gasteiger partial charge in [-0.1, -0.05) is 149 Å². The van der Waals surface area contributed by atoms with Crippen LogP contribution in [0.15, 0.2) is 0 Å². The number of phosphoric ester groups is 1. The van der Waals surface area contributed by atoms with E-state index in [0.29, 0.717) is 19.3 Å². The summed E-state index contributed by atoms with van der Waals surface area (Å²) in [5.74, 6) is -2.28. The number of rotatable bonds is 40. The van der Waals surface area contributed by atoms with Gasteiger partial charge in [0.25, 0.3) is 7.82 Å². The molecule has 2 N–H and O–H groups in total. The Morgan fingerprint density at radius 2 is 0.782 bits per heavy atom. The van der Waals surface area contributed by atoms with E-state index in [9.17, 15) is 28.6 Å². The Hall–Kier alpha value is -2.05. The second-order valence-corrected chi connectivity index (χ2v) is 15.9. The largest absolute Gasteiger partial charge is 0.756 e. The number of hydrogen-bond donors (Lipinski definition) is 1. The van der Waals surface area contributed by atoms with Crippen molar-refractivity contribution in [2.45, 2.75) is 206 Å². The number of carbonyl (C=O) groups excluding carboxylic acids is 4. The molecule has 55 heavy (non-hydrogen) atoms. The number of esters is 4. The van der Waals surface area contributed by atoms with Gasteiger partial charge in [0.2, 0.25) is 0 Å². The fourth-order valence-electron chi connectivity index (χ4n) is 5.81. The van der Waals surface area contributed by atoms with Crippen molar-refractivity contribution in [1.29, 1.82) is 0 Å². The summed E-state index contributed by atoms with van der Waals surface area (Å²) in [5.41, 5.74) is 5.39. The van der Waals surface area contributed by atoms with Crippen LogP contribution in [0.25, 0.3) is 0 Å². The van der Waals surface area contributed by atoms with Gasteiger partial charge >= 0.3 is 23.9 Å². The molecule has 0 bridgehead atoms. The highest BCUT2D eigenvalue weighted by atomic mass is 31.2. The van der Waals surface area contributed by atoms with Crippen LogP contribution in [-0.2, 0) is 51.7 Å². The van der Waals surface area contributed by atoms with Crippen molar-refractivity contribution >= 4 is 31.7 Å². The molecule has 13 nitrogen and oxygen atoms in total. The lowest BCUT2D eigenvalue weighted by Crippen LogP contribution is -2.32. The van der Waals surface area contributed by atoms with Crippen LogP contribution in [0.2, 0.25) is 0 Å². The molecule has 0 aliphatic carbocycles. The third-order valence-corrected chi connectivity index (χ3v) is 10.00. The SMILES string of the molecule is CCCCCCCCCCCCCC(=O)OC[C@H](COP(=O)([O-])OCC(COC(=O)CCC)OC(=O)CCN)OC(=O)CCCCCCCCCCCCC. The number of hydrogen-bond acceptors (Lipinski definition) is 13. The quantitative estimate of drug-likeness (QED) is 0.0268. The summed E-state index contributed by atoms with van der Waals surface area (Å²) in [6.45, 7) is 4.08. The van der Waals surface area contributed by atoms with E-state index in [1.807, 2.05) is 0 Å². The third-order valence-electron chi connectivity index (χ3n) is 9.07. The van der Waals surface area contributed by atoms with Gasteiger partial charge in [-0.15, -0.1) is 0 Å². The summed E-state index contributed by atoms with van der Waals surface area (Å²) in [6, 6.07) is 0. The molecule has 0 rings (SSSR count). The van der Waals surface area contributed by atoms with Crippen molar-refractivity contribution in [2.75, 3.05) is 33.0 Å². The predicted octanol–water partition coefficient (Wildman–Crippen LogP) is 8.95. The van der Waals surface area contributed by atoms with E-state index in [0.717, 1.165) is 38.5 Å². The van der Waals surface area contributed by atoms with Crippen molar-refractivity contribution in [3.8, 4) is 0 Å². The van der Waals surface area contributed by atoms with Crippen LogP contribution in [0.1, 0.15) is 194 Å². The molecule has 0 radical (unpaired) electrons. The van der Waals surface area contributed by atoms with E-state index in [4.69, 9.17) is 33.7 Å². The summed E-state index contributed by atoms with van der Waals surface area (Å²) in [5, 5.41) is 0. The maximum absolute atomic E-state index is 12.7. The first-order valence-corrected chi connectivity index (χ1v) is 23.0. The van der Waals surface area contributed by atoms with Gasteiger partial charge in [0.1, 0.15) is 13.2 Å². The Kier molecular flexibility index (Phi) is 36.1. The first-order chi connectivity index (χ1) is 26.6. The molecule has 0 aromatic heterocycles. The van der Waals surface area contributed by atoms with Crippen molar-refractivity contribution in [3.05, 3.63) is 0 Å². The van der Waals surface area contributed by atoms with Crippen molar-refractivity contribution in [3.63, 3.8) is 0 Å². The second-order valence-electron chi connectivity index (χ2n) is 14.5. The smallest absolute Gasteiger partial charge is 0.307 e. The maximum Gasteiger partial charge on any atom is 0.307 e. The van der Waals surface area contributed by atoms with Crippen molar-refractivity contribution < 1.29 is 56.6 Å². The zero-order valence-electron chi connectivity index (χ0n) is 34.7. The van der Waals surface area contributed by atoms with E-state index >= 15 is 0 Å². The summed E-state index contributed by atoms with van der Waals surface area (Å²) < 4.78 is 43.8. The Balaban J connectivity index is 4.94. The van der Waals surface area contributed by atoms with Crippen LogP contribution in [0.5, 0.6) is 0 Å². The van der Waals surface area contributed by atoms with Crippen molar-refractivity contribution in [2.24, 2.45) is 5.73 Å². The zero-order valence-corrected chi connectivity index (χ0v) is 35.6. The predicted molar refractivity (Wildman–Crippen MR) is 212 cm³/mol. The summed E-state index contributed by atoms with van der Waals surface area (Å²) in [7, 11) is -5.04. The molecule has 0 aliphatic rings. The molecule has 0 aromatic rings. The topological polar surface area (TPSA) is 190 Å². The molecule has 0 heterocycles. The summed E-state index contributed by atoms with van der Waals surface area (Å²) in [6.07, 6.45) is 23.5. The molecule has 2 unspecified atom stereocenters. The molecule has 324 valence electrons. The van der Waals surface area contributed by atoms with Gasteiger partial charge in [-0.05, 0) is 19.3 Å². The zero-order chi connectivity index (χ0) is 40.8. The molecule has 14 heteroatoms. The first kappa shape index (κ1) is 53.0. The lowest BCUT2D eigenvalue weighted by atomic mass is 10.1. The maximum atomic E-state index is 12.7. The van der Waals surface area contributed by atoms with Gasteiger partial charge in [-0.2, -0.15) is 0 Å². The molecule has 3 atom stereocenters. The third kappa shape index (κ3) is 36.1. The van der Waals surface area contributed by atoms with E-state index in [2.05, 4.69) is 13.8 Å². The fourth-order valence-corrected chi connectivity index (χ4v) is 6.59. The van der Waals surface area contributed by atoms with Crippen LogP contribution in [-0.4, -0.2) is 69.1 Å². The Labute approximate surface area is 332 Å². The normalized spacial score (nSPS) is 13.5. The average Bonchev–Trinajstić information content (AvgIpc) is 3.15. The minimum Gasteiger partial charge on any atom is -0.756 e. The minimum absolute atomic E-state index is 0.00837. The van der Waals surface area contributed by atoms with E-state index in [1.54, 1.807) is 6.92 Å². The highest BCUT2D eigenvalue weighted by Crippen LogP contribution is 2.38. The number of ether oxygens (including phenoxy) is 4. The van der Waals surface area contributed by atoms with Gasteiger partial charge in [-0.25, -0.2) is 0 Å². The molecule has 0 amide bonds. The molecule has 0 spiro atoms. The van der Waals surface area contributed by atoms with Gasteiger partial charge in [0.05, 0.1) is 19.6 Å². The van der Waals surface area contributed by atoms with Crippen molar-refractivity contribution in [1.82, 2.24) is 0 Å². The molecular formula is C41H77NO12P-. The van der Waals surface area contributed by atoms with Crippen LogP contribution < -0.4 is 10.6 Å². The van der Waals surface area contributed by atoms with Crippen LogP contribution in [0.3, 0.4) is 0 Å². The Bertz CT molecular complexity index is 1010. The highest BCUT2D eigenvalue weighted by molar-refractivity contribution is 7.45. The highest BCUT2D eigenvalue weighted by Gasteiger charge is 2.24. The van der Waals surface area contributed by atoms with Gasteiger partial charge in [0, 0.05) is 25.8 Å². The summed E-state index contributed by atoms with van der Waals surface area (Å²) in [4.78, 5) is 61.7. The van der Waals surface area contributed by atoms with E-state index < -0.39 is 63.7 Å². The van der Waals surface area contributed by atoms with E-state index in [1.165, 1.54) is 89.9 Å². The lowest BCUT2D eigenvalue weighted by Gasteiger charge is -2.27. The number of unbranched alkanes of at least 4 members (excludes halogenated alkanes) is 20. The summed E-state index contributed by atoms with van der Waals surface area (Å²) >= 11 is 0. The van der Waals surface area contributed by atoms with E-state index in [-0.39, 0.29) is 38.8 Å². The standard InChI is InChI=1S/C41H78NO12P/c1-4-7-9-11-13-15-17-19-21-23-25-28-39(44)50-33-36(53-40(45)29-26-24-22-20-18-16-14-12-10-8-5-2)34-51-55(47,48)52-35-37(54-41(46)30-31-42)32-49-38(43)27-6-3/h36-37H,4-35,42H2,1-3H3,(H,47,48)/p-1/t36-,37?/m1/s1. The minimum atomic E-state index is -5.04. The monoisotopic (exact) mass is 807 g/mol. The Morgan fingerprint density at radius 3 is 1.15 bits per heavy atom. The molecule has 0 aliphatic heterocycles. The van der Waals surface area contributed by atoms with Gasteiger partial charge in [-0.3, -0.25) is 23.7 Å². The van der Waals surface area contributed by atoms with Crippen LogP contribution in [0.4, 0.5) is 0 Å². The molecular weight excluding hydrogens is 729 g/mol. The number of carbonyl (C=O) groups is 4. The Morgan fingerprint density at radius 1 is 0.455 bits per heavy atom. The molecule has 0 fully saturated rings. The molecule has 0 aromatic carbocycles. The number of phosphoric acid groups is 1. The lowest BCUT2D eigenvalue weighted by molar-refractivity contribution is -0.231. The number of nitrogens with two attached hydrogens (primary N) is 1. The second kappa shape index (κ2) is 37.5. The van der Waals surface area contributed by atoms with Gasteiger partial charge < -0.3 is 38.6 Å². The molecule has 0 saturated heterocycles. The average molecular weight is 807 g/mol. The van der Waals surface area contributed by atoms with Crippen LogP contribution in [0, 0.1) is 0 Å².